The van der Waals surface area contributed by atoms with E-state index in [1.165, 1.54) is 36.8 Å². The van der Waals surface area contributed by atoms with Crippen LogP contribution in [0.4, 0.5) is 0 Å². The third-order valence-corrected chi connectivity index (χ3v) is 5.30. The highest BCUT2D eigenvalue weighted by Crippen LogP contribution is 2.18. The first-order chi connectivity index (χ1) is 13.3. The molecule has 1 aromatic rings. The van der Waals surface area contributed by atoms with Crippen LogP contribution in [-0.2, 0) is 16.0 Å². The van der Waals surface area contributed by atoms with Crippen LogP contribution in [0.25, 0.3) is 0 Å². The summed E-state index contributed by atoms with van der Waals surface area (Å²) in [4.78, 5) is 13.8. The Balaban J connectivity index is 1.44. The predicted molar refractivity (Wildman–Crippen MR) is 107 cm³/mol. The topological polar surface area (TPSA) is 90.2 Å². The van der Waals surface area contributed by atoms with E-state index in [9.17, 15) is 4.79 Å². The monoisotopic (exact) mass is 393 g/mol. The number of nitrogens with zero attached hydrogens (tertiary/aromatic N) is 1. The molecule has 1 aromatic carbocycles. The Morgan fingerprint density at radius 2 is 1.64 bits per heavy atom. The molecule has 2 rings (SSSR count). The normalized spacial score (nSPS) is 17.3. The van der Waals surface area contributed by atoms with E-state index >= 15 is 0 Å². The third-order valence-electron chi connectivity index (χ3n) is 5.30. The van der Waals surface area contributed by atoms with E-state index < -0.39 is 12.3 Å². The second-order valence-corrected chi connectivity index (χ2v) is 7.90. The van der Waals surface area contributed by atoms with Gasteiger partial charge in [0.2, 0.25) is 5.91 Å². The van der Waals surface area contributed by atoms with Crippen LogP contribution in [-0.4, -0.2) is 51.5 Å². The van der Waals surface area contributed by atoms with E-state index in [1.54, 1.807) is 4.90 Å². The summed E-state index contributed by atoms with van der Waals surface area (Å²) < 4.78 is 4.67. The van der Waals surface area contributed by atoms with Crippen molar-refractivity contribution in [1.82, 2.24) is 4.90 Å². The lowest BCUT2D eigenvalue weighted by Gasteiger charge is -2.20. The van der Waals surface area contributed by atoms with Crippen molar-refractivity contribution in [3.05, 3.63) is 35.4 Å². The lowest BCUT2D eigenvalue weighted by Crippen LogP contribution is -2.38. The minimum absolute atomic E-state index is 0.0728. The Morgan fingerprint density at radius 3 is 2.29 bits per heavy atom. The number of amides is 1. The first-order valence-electron chi connectivity index (χ1n) is 10.5. The van der Waals surface area contributed by atoms with Crippen LogP contribution in [0.15, 0.2) is 24.3 Å². The highest BCUT2D eigenvalue weighted by Gasteiger charge is 2.32. The van der Waals surface area contributed by atoms with Crippen LogP contribution >= 0.6 is 0 Å². The Hall–Kier alpha value is -1.47. The van der Waals surface area contributed by atoms with Crippen molar-refractivity contribution < 1.29 is 24.9 Å². The molecule has 1 atom stereocenters. The average molecular weight is 394 g/mol. The summed E-state index contributed by atoms with van der Waals surface area (Å²) in [6.07, 6.45) is 6.56. The van der Waals surface area contributed by atoms with Gasteiger partial charge in [-0.25, -0.2) is 0 Å². The number of carbonyl (C=O) groups excluding carboxylic acids is 1. The zero-order valence-corrected chi connectivity index (χ0v) is 17.0. The molecule has 0 spiro atoms. The van der Waals surface area contributed by atoms with Gasteiger partial charge in [0.25, 0.3) is 0 Å². The largest absolute Gasteiger partial charge is 0.405 e. The molecular weight excluding hydrogens is 358 g/mol. The number of rotatable bonds is 12. The number of aryl methyl sites for hydroxylation is 2. The molecule has 1 fully saturated rings. The molecule has 1 aliphatic heterocycles. The molecule has 0 saturated carbocycles. The van der Waals surface area contributed by atoms with Gasteiger partial charge in [-0.1, -0.05) is 61.9 Å². The number of aliphatic hydroxyl groups is 3. The number of carbonyl (C=O) groups is 1. The van der Waals surface area contributed by atoms with Crippen LogP contribution in [0.2, 0.25) is 0 Å². The second-order valence-electron chi connectivity index (χ2n) is 7.90. The Bertz CT molecular complexity index is 582. The maximum Gasteiger partial charge on any atom is 0.405 e. The first-order valence-corrected chi connectivity index (χ1v) is 10.5. The van der Waals surface area contributed by atoms with Gasteiger partial charge in [-0.2, -0.15) is 0 Å². The quantitative estimate of drug-likeness (QED) is 0.375. The molecule has 1 heterocycles. The molecule has 1 aliphatic rings. The van der Waals surface area contributed by atoms with Crippen molar-refractivity contribution in [2.45, 2.75) is 83.4 Å². The fraction of sp³-hybridized carbons (Fsp3) is 0.682. The van der Waals surface area contributed by atoms with Crippen molar-refractivity contribution >= 4 is 5.91 Å². The number of unbranched alkanes of at least 4 members (excludes halogenated alkanes) is 6. The maximum atomic E-state index is 12.2. The average Bonchev–Trinajstić information content (AvgIpc) is 3.08. The Labute approximate surface area is 168 Å². The molecule has 28 heavy (non-hydrogen) atoms. The molecule has 0 radical (unpaired) electrons. The SMILES string of the molecule is Cc1ccc(CCCCCCCCCC(=O)N2CC[C@@H](OC(O)(O)O)C2)cc1. The van der Waals surface area contributed by atoms with Crippen LogP contribution in [0.1, 0.15) is 68.9 Å². The molecule has 1 amide bonds. The van der Waals surface area contributed by atoms with Crippen molar-refractivity contribution in [2.24, 2.45) is 0 Å². The minimum Gasteiger partial charge on any atom is -0.340 e. The summed E-state index contributed by atoms with van der Waals surface area (Å²) in [7, 11) is 0. The number of likely N-dealkylation sites (tertiary alicyclic amines) is 1. The smallest absolute Gasteiger partial charge is 0.340 e. The molecule has 3 N–H and O–H groups in total. The molecule has 0 aliphatic carbocycles. The molecule has 0 bridgehead atoms. The third kappa shape index (κ3) is 9.15. The fourth-order valence-corrected chi connectivity index (χ4v) is 3.68. The highest BCUT2D eigenvalue weighted by atomic mass is 16.9. The van der Waals surface area contributed by atoms with Crippen LogP contribution in [0, 0.1) is 6.92 Å². The van der Waals surface area contributed by atoms with E-state index in [0.717, 1.165) is 25.7 Å². The lowest BCUT2D eigenvalue weighted by atomic mass is 10.0. The fourth-order valence-electron chi connectivity index (χ4n) is 3.68. The molecule has 6 nitrogen and oxygen atoms in total. The van der Waals surface area contributed by atoms with Crippen LogP contribution in [0.3, 0.4) is 0 Å². The predicted octanol–water partition coefficient (Wildman–Crippen LogP) is 2.86. The molecule has 6 heteroatoms. The summed E-state index contributed by atoms with van der Waals surface area (Å²) in [5.74, 6) is 0.0728. The number of hydrogen-bond donors (Lipinski definition) is 3. The minimum atomic E-state index is -3.12. The van der Waals surface area contributed by atoms with E-state index in [1.807, 2.05) is 0 Å². The zero-order chi connectivity index (χ0) is 20.4. The highest BCUT2D eigenvalue weighted by molar-refractivity contribution is 5.76. The van der Waals surface area contributed by atoms with Gasteiger partial charge >= 0.3 is 6.16 Å². The zero-order valence-electron chi connectivity index (χ0n) is 17.0. The first kappa shape index (κ1) is 22.8. The van der Waals surface area contributed by atoms with Gasteiger partial charge in [-0.05, 0) is 38.2 Å². The number of hydrogen-bond acceptors (Lipinski definition) is 5. The molecule has 1 saturated heterocycles. The standard InChI is InChI=1S/C22H35NO5/c1-18-11-13-19(14-12-18)9-7-5-3-2-4-6-8-10-21(24)23-16-15-20(17-23)28-22(25,26)27/h11-14,20,25-27H,2-10,15-17H2,1H3/t20-/m1/s1. The van der Waals surface area contributed by atoms with Crippen molar-refractivity contribution in [3.8, 4) is 0 Å². The number of benzene rings is 1. The Morgan fingerprint density at radius 1 is 1.04 bits per heavy atom. The van der Waals surface area contributed by atoms with Gasteiger partial charge in [-0.15, -0.1) is 0 Å². The number of ether oxygens (including phenoxy) is 1. The van der Waals surface area contributed by atoms with E-state index in [4.69, 9.17) is 15.3 Å². The summed E-state index contributed by atoms with van der Waals surface area (Å²) in [5.41, 5.74) is 2.73. The van der Waals surface area contributed by atoms with Gasteiger partial charge in [0.05, 0.1) is 6.10 Å². The molecule has 0 aromatic heterocycles. The van der Waals surface area contributed by atoms with Crippen LogP contribution in [0.5, 0.6) is 0 Å². The second kappa shape index (κ2) is 11.5. The molecule has 158 valence electrons. The van der Waals surface area contributed by atoms with E-state index in [0.29, 0.717) is 25.9 Å². The summed E-state index contributed by atoms with van der Waals surface area (Å²) in [5, 5.41) is 26.5. The molecular formula is C22H35NO5. The van der Waals surface area contributed by atoms with Crippen molar-refractivity contribution in [3.63, 3.8) is 0 Å². The van der Waals surface area contributed by atoms with Gasteiger partial charge in [0.15, 0.2) is 0 Å². The van der Waals surface area contributed by atoms with Crippen LogP contribution < -0.4 is 0 Å². The van der Waals surface area contributed by atoms with E-state index in [2.05, 4.69) is 35.9 Å². The van der Waals surface area contributed by atoms with Gasteiger partial charge in [0.1, 0.15) is 0 Å². The summed E-state index contributed by atoms with van der Waals surface area (Å²) in [6, 6.07) is 8.78. The van der Waals surface area contributed by atoms with E-state index in [-0.39, 0.29) is 5.91 Å². The summed E-state index contributed by atoms with van der Waals surface area (Å²) in [6.45, 7) is 2.94. The maximum absolute atomic E-state index is 12.2. The Kier molecular flexibility index (Phi) is 9.38. The van der Waals surface area contributed by atoms with Gasteiger partial charge in [-0.3, -0.25) is 9.53 Å². The summed E-state index contributed by atoms with van der Waals surface area (Å²) >= 11 is 0. The van der Waals surface area contributed by atoms with Gasteiger partial charge in [0, 0.05) is 19.5 Å². The lowest BCUT2D eigenvalue weighted by molar-refractivity contribution is -0.464. The molecule has 0 unspecified atom stereocenters. The van der Waals surface area contributed by atoms with Gasteiger partial charge < -0.3 is 20.2 Å². The van der Waals surface area contributed by atoms with Crippen molar-refractivity contribution in [2.75, 3.05) is 13.1 Å². The van der Waals surface area contributed by atoms with Crippen molar-refractivity contribution in [1.29, 1.82) is 0 Å².